The number of nitrogens with zero attached hydrogens (tertiary/aromatic N) is 1. The molecule has 0 aliphatic rings. The van der Waals surface area contributed by atoms with Crippen molar-refractivity contribution in [1.82, 2.24) is 4.98 Å². The van der Waals surface area contributed by atoms with E-state index in [1.807, 2.05) is 18.2 Å². The number of para-hydroxylation sites is 1. The maximum absolute atomic E-state index is 5.80. The van der Waals surface area contributed by atoms with E-state index in [4.69, 9.17) is 15.5 Å². The van der Waals surface area contributed by atoms with Gasteiger partial charge in [0, 0.05) is 23.4 Å². The number of rotatable bonds is 5. The summed E-state index contributed by atoms with van der Waals surface area (Å²) in [4.78, 5) is 5.93. The molecule has 0 saturated carbocycles. The first-order chi connectivity index (χ1) is 9.15. The average molecular weight is 276 g/mol. The lowest BCUT2D eigenvalue weighted by atomic mass is 10.1. The van der Waals surface area contributed by atoms with Crippen LogP contribution in [0.15, 0.2) is 24.3 Å². The van der Waals surface area contributed by atoms with Crippen LogP contribution in [0.4, 0.5) is 0 Å². The van der Waals surface area contributed by atoms with E-state index in [-0.39, 0.29) is 0 Å². The quantitative estimate of drug-likeness (QED) is 0.911. The van der Waals surface area contributed by atoms with E-state index >= 15 is 0 Å². The molecule has 3 nitrogen and oxygen atoms in total. The van der Waals surface area contributed by atoms with Crippen LogP contribution in [0.2, 0.25) is 0 Å². The minimum Gasteiger partial charge on any atom is -0.496 e. The Morgan fingerprint density at radius 3 is 2.63 bits per heavy atom. The molecule has 102 valence electrons. The highest BCUT2D eigenvalue weighted by Gasteiger charge is 2.14. The van der Waals surface area contributed by atoms with E-state index in [0.717, 1.165) is 28.4 Å². The number of aromatic nitrogens is 1. The van der Waals surface area contributed by atoms with Crippen molar-refractivity contribution in [2.45, 2.75) is 32.7 Å². The number of methoxy groups -OCH3 is 1. The van der Waals surface area contributed by atoms with Crippen molar-refractivity contribution < 1.29 is 4.74 Å². The molecule has 1 aromatic heterocycles. The summed E-state index contributed by atoms with van der Waals surface area (Å²) < 4.78 is 5.38. The van der Waals surface area contributed by atoms with E-state index in [2.05, 4.69) is 19.9 Å². The minimum atomic E-state index is 0.418. The molecular formula is C15H20N2OS. The molecule has 1 heterocycles. The number of thiazole rings is 1. The SMILES string of the molecule is COc1ccccc1Cc1nc(C(C)C)c(CN)s1. The Morgan fingerprint density at radius 2 is 2.05 bits per heavy atom. The van der Waals surface area contributed by atoms with Crippen LogP contribution in [0, 0.1) is 0 Å². The maximum atomic E-state index is 5.80. The predicted molar refractivity (Wildman–Crippen MR) is 79.9 cm³/mol. The summed E-state index contributed by atoms with van der Waals surface area (Å²) in [5.41, 5.74) is 8.10. The van der Waals surface area contributed by atoms with Gasteiger partial charge in [0.1, 0.15) is 5.75 Å². The number of ether oxygens (including phenoxy) is 1. The van der Waals surface area contributed by atoms with Crippen molar-refractivity contribution in [2.24, 2.45) is 5.73 Å². The second-order valence-corrected chi connectivity index (χ2v) is 5.93. The normalized spacial score (nSPS) is 11.0. The van der Waals surface area contributed by atoms with Gasteiger partial charge in [-0.25, -0.2) is 4.98 Å². The van der Waals surface area contributed by atoms with Gasteiger partial charge in [0.2, 0.25) is 0 Å². The monoisotopic (exact) mass is 276 g/mol. The van der Waals surface area contributed by atoms with Gasteiger partial charge >= 0.3 is 0 Å². The van der Waals surface area contributed by atoms with Crippen LogP contribution in [0.3, 0.4) is 0 Å². The number of hydrogen-bond acceptors (Lipinski definition) is 4. The molecule has 2 rings (SSSR count). The Hall–Kier alpha value is -1.39. The fraction of sp³-hybridized carbons (Fsp3) is 0.400. The van der Waals surface area contributed by atoms with E-state index in [1.54, 1.807) is 18.4 Å². The van der Waals surface area contributed by atoms with Crippen molar-refractivity contribution >= 4 is 11.3 Å². The summed E-state index contributed by atoms with van der Waals surface area (Å²) in [5.74, 6) is 1.33. The molecule has 2 aromatic rings. The Bertz CT molecular complexity index is 549. The van der Waals surface area contributed by atoms with Crippen LogP contribution < -0.4 is 10.5 Å². The predicted octanol–water partition coefficient (Wildman–Crippen LogP) is 3.32. The van der Waals surface area contributed by atoms with Gasteiger partial charge in [0.25, 0.3) is 0 Å². The van der Waals surface area contributed by atoms with Crippen molar-refractivity contribution in [1.29, 1.82) is 0 Å². The van der Waals surface area contributed by atoms with Crippen LogP contribution >= 0.6 is 11.3 Å². The Balaban J connectivity index is 2.28. The van der Waals surface area contributed by atoms with Gasteiger partial charge in [-0.05, 0) is 12.0 Å². The molecule has 4 heteroatoms. The Kier molecular flexibility index (Phi) is 4.56. The number of benzene rings is 1. The average Bonchev–Trinajstić information content (AvgIpc) is 2.82. The summed E-state index contributed by atoms with van der Waals surface area (Å²) in [6, 6.07) is 8.07. The molecule has 0 radical (unpaired) electrons. The fourth-order valence-electron chi connectivity index (χ4n) is 2.10. The molecule has 0 unspecified atom stereocenters. The molecular weight excluding hydrogens is 256 g/mol. The van der Waals surface area contributed by atoms with Crippen LogP contribution in [-0.2, 0) is 13.0 Å². The van der Waals surface area contributed by atoms with Crippen LogP contribution in [0.1, 0.15) is 40.9 Å². The van der Waals surface area contributed by atoms with Gasteiger partial charge in [-0.2, -0.15) is 0 Å². The van der Waals surface area contributed by atoms with Gasteiger partial charge in [-0.15, -0.1) is 11.3 Å². The molecule has 1 aromatic carbocycles. The smallest absolute Gasteiger partial charge is 0.122 e. The zero-order valence-electron chi connectivity index (χ0n) is 11.6. The van der Waals surface area contributed by atoms with Gasteiger partial charge in [0.15, 0.2) is 0 Å². The molecule has 0 spiro atoms. The van der Waals surface area contributed by atoms with E-state index in [1.165, 1.54) is 4.88 Å². The summed E-state index contributed by atoms with van der Waals surface area (Å²) in [6.07, 6.45) is 0.800. The summed E-state index contributed by atoms with van der Waals surface area (Å²) in [7, 11) is 1.70. The van der Waals surface area contributed by atoms with Crippen molar-refractivity contribution in [2.75, 3.05) is 7.11 Å². The molecule has 0 amide bonds. The molecule has 0 saturated heterocycles. The highest BCUT2D eigenvalue weighted by molar-refractivity contribution is 7.11. The minimum absolute atomic E-state index is 0.418. The van der Waals surface area contributed by atoms with Gasteiger partial charge in [-0.3, -0.25) is 0 Å². The Labute approximate surface area is 118 Å². The second kappa shape index (κ2) is 6.17. The van der Waals surface area contributed by atoms with Gasteiger partial charge in [0.05, 0.1) is 17.8 Å². The number of nitrogens with two attached hydrogens (primary N) is 1. The van der Waals surface area contributed by atoms with E-state index < -0.39 is 0 Å². The number of hydrogen-bond donors (Lipinski definition) is 1. The highest BCUT2D eigenvalue weighted by atomic mass is 32.1. The standard InChI is InChI=1S/C15H20N2OS/c1-10(2)15-13(9-16)19-14(17-15)8-11-6-4-5-7-12(11)18-3/h4-7,10H,8-9,16H2,1-3H3. The van der Waals surface area contributed by atoms with Crippen molar-refractivity contribution in [3.8, 4) is 5.75 Å². The zero-order chi connectivity index (χ0) is 13.8. The lowest BCUT2D eigenvalue weighted by Gasteiger charge is -2.06. The van der Waals surface area contributed by atoms with Crippen molar-refractivity contribution in [3.05, 3.63) is 45.4 Å². The van der Waals surface area contributed by atoms with E-state index in [9.17, 15) is 0 Å². The van der Waals surface area contributed by atoms with Gasteiger partial charge < -0.3 is 10.5 Å². The zero-order valence-corrected chi connectivity index (χ0v) is 12.5. The first-order valence-corrected chi connectivity index (χ1v) is 7.27. The van der Waals surface area contributed by atoms with Gasteiger partial charge in [-0.1, -0.05) is 32.0 Å². The second-order valence-electron chi connectivity index (χ2n) is 4.76. The highest BCUT2D eigenvalue weighted by Crippen LogP contribution is 2.28. The van der Waals surface area contributed by atoms with Crippen molar-refractivity contribution in [3.63, 3.8) is 0 Å². The third-order valence-electron chi connectivity index (χ3n) is 3.04. The summed E-state index contributed by atoms with van der Waals surface area (Å²) in [5, 5.41) is 1.11. The third-order valence-corrected chi connectivity index (χ3v) is 4.13. The topological polar surface area (TPSA) is 48.1 Å². The molecule has 2 N–H and O–H groups in total. The van der Waals surface area contributed by atoms with Crippen LogP contribution in [0.25, 0.3) is 0 Å². The lowest BCUT2D eigenvalue weighted by Crippen LogP contribution is -1.99. The summed E-state index contributed by atoms with van der Waals surface area (Å²) >= 11 is 1.71. The molecule has 0 aliphatic carbocycles. The molecule has 0 aliphatic heterocycles. The fourth-order valence-corrected chi connectivity index (χ4v) is 3.22. The van der Waals surface area contributed by atoms with Crippen LogP contribution in [0.5, 0.6) is 5.75 Å². The lowest BCUT2D eigenvalue weighted by molar-refractivity contribution is 0.410. The third kappa shape index (κ3) is 3.14. The summed E-state index contributed by atoms with van der Waals surface area (Å²) in [6.45, 7) is 4.87. The molecule has 0 atom stereocenters. The first kappa shape index (κ1) is 14.0. The molecule has 0 fully saturated rings. The largest absolute Gasteiger partial charge is 0.496 e. The van der Waals surface area contributed by atoms with E-state index in [0.29, 0.717) is 12.5 Å². The molecule has 0 bridgehead atoms. The molecule has 19 heavy (non-hydrogen) atoms. The first-order valence-electron chi connectivity index (χ1n) is 6.46. The Morgan fingerprint density at radius 1 is 1.32 bits per heavy atom. The maximum Gasteiger partial charge on any atom is 0.122 e. The van der Waals surface area contributed by atoms with Crippen LogP contribution in [-0.4, -0.2) is 12.1 Å².